The fraction of sp³-hybridized carbons (Fsp3) is 0.769. The molecule has 2 rings (SSSR count). The highest BCUT2D eigenvalue weighted by atomic mass is 32.1. The van der Waals surface area contributed by atoms with Crippen LogP contribution in [0.15, 0.2) is 0 Å². The number of piperidine rings is 1. The number of carbonyl (C=O) groups excluding carboxylic acids is 2. The second kappa shape index (κ2) is 4.83. The molecule has 0 aromatic carbocycles. The first-order chi connectivity index (χ1) is 8.81. The molecule has 2 unspecified atom stereocenters. The van der Waals surface area contributed by atoms with Crippen molar-refractivity contribution < 1.29 is 9.59 Å². The Bertz CT molecular complexity index is 410. The topological polar surface area (TPSA) is 66.6 Å². The normalized spacial score (nSPS) is 31.8. The maximum atomic E-state index is 12.4. The third-order valence-corrected chi connectivity index (χ3v) is 5.05. The first-order valence-corrected chi connectivity index (χ1v) is 7.08. The minimum Gasteiger partial charge on any atom is -0.391 e. The van der Waals surface area contributed by atoms with Gasteiger partial charge >= 0.3 is 0 Å². The van der Waals surface area contributed by atoms with Gasteiger partial charge in [0.15, 0.2) is 0 Å². The summed E-state index contributed by atoms with van der Waals surface area (Å²) in [5.41, 5.74) is 5.15. The number of hydrogen-bond donors (Lipinski definition) is 1. The van der Waals surface area contributed by atoms with E-state index in [0.717, 1.165) is 13.1 Å². The highest BCUT2D eigenvalue weighted by Gasteiger charge is 2.54. The zero-order valence-electron chi connectivity index (χ0n) is 11.7. The average Bonchev–Trinajstić information content (AvgIpc) is 2.56. The third kappa shape index (κ3) is 2.07. The SMILES string of the molecule is CC1C(=O)N(C2(C(N)=S)CCN(C)CC2)C(=O)C1C. The van der Waals surface area contributed by atoms with Crippen molar-refractivity contribution in [3.63, 3.8) is 0 Å². The summed E-state index contributed by atoms with van der Waals surface area (Å²) in [6.45, 7) is 5.18. The standard InChI is InChI=1S/C13H21N3O2S/c1-8-9(2)11(18)16(10(8)17)13(12(14)19)4-6-15(3)7-5-13/h8-9H,4-7H2,1-3H3,(H2,14,19). The molecule has 6 heteroatoms. The monoisotopic (exact) mass is 283 g/mol. The first-order valence-electron chi connectivity index (χ1n) is 6.67. The molecule has 2 N–H and O–H groups in total. The van der Waals surface area contributed by atoms with Crippen LogP contribution in [0.1, 0.15) is 26.7 Å². The highest BCUT2D eigenvalue weighted by molar-refractivity contribution is 7.80. The summed E-state index contributed by atoms with van der Waals surface area (Å²) >= 11 is 5.20. The number of imide groups is 1. The Hall–Kier alpha value is -1.01. The molecule has 2 fully saturated rings. The summed E-state index contributed by atoms with van der Waals surface area (Å²) in [7, 11) is 2.02. The third-order valence-electron chi connectivity index (χ3n) is 4.67. The lowest BCUT2D eigenvalue weighted by Gasteiger charge is -2.45. The summed E-state index contributed by atoms with van der Waals surface area (Å²) in [5, 5.41) is 0. The van der Waals surface area contributed by atoms with Gasteiger partial charge in [0.2, 0.25) is 11.8 Å². The molecule has 5 nitrogen and oxygen atoms in total. The number of thiocarbonyl (C=S) groups is 1. The predicted octanol–water partition coefficient (Wildman–Crippen LogP) is 0.378. The van der Waals surface area contributed by atoms with Gasteiger partial charge in [0, 0.05) is 24.9 Å². The zero-order chi connectivity index (χ0) is 14.4. The van der Waals surface area contributed by atoms with Crippen molar-refractivity contribution in [3.8, 4) is 0 Å². The Morgan fingerprint density at radius 2 is 1.63 bits per heavy atom. The van der Waals surface area contributed by atoms with Crippen LogP contribution in [0.3, 0.4) is 0 Å². The molecular formula is C13H21N3O2S. The summed E-state index contributed by atoms with van der Waals surface area (Å²) in [6, 6.07) is 0. The first kappa shape index (κ1) is 14.4. The zero-order valence-corrected chi connectivity index (χ0v) is 12.5. The maximum Gasteiger partial charge on any atom is 0.233 e. The molecule has 0 aromatic rings. The Labute approximate surface area is 119 Å². The Morgan fingerprint density at radius 3 is 2.00 bits per heavy atom. The van der Waals surface area contributed by atoms with Crippen LogP contribution < -0.4 is 5.73 Å². The fourth-order valence-corrected chi connectivity index (χ4v) is 3.23. The Morgan fingerprint density at radius 1 is 1.21 bits per heavy atom. The van der Waals surface area contributed by atoms with Crippen LogP contribution in [-0.2, 0) is 9.59 Å². The molecule has 2 saturated heterocycles. The molecule has 2 aliphatic heterocycles. The van der Waals surface area contributed by atoms with Gasteiger partial charge in [-0.05, 0) is 19.9 Å². The summed E-state index contributed by atoms with van der Waals surface area (Å²) < 4.78 is 0. The number of carbonyl (C=O) groups is 2. The lowest BCUT2D eigenvalue weighted by molar-refractivity contribution is -0.146. The summed E-state index contributed by atoms with van der Waals surface area (Å²) in [6.07, 6.45) is 1.27. The van der Waals surface area contributed by atoms with Gasteiger partial charge in [-0.1, -0.05) is 26.1 Å². The molecule has 2 heterocycles. The second-order valence-electron chi connectivity index (χ2n) is 5.79. The van der Waals surface area contributed by atoms with Crippen LogP contribution >= 0.6 is 12.2 Å². The van der Waals surface area contributed by atoms with E-state index in [1.54, 1.807) is 13.8 Å². The molecule has 106 valence electrons. The Balaban J connectivity index is 2.38. The smallest absolute Gasteiger partial charge is 0.233 e. The van der Waals surface area contributed by atoms with E-state index in [4.69, 9.17) is 18.0 Å². The fourth-order valence-electron chi connectivity index (χ4n) is 2.93. The molecule has 0 aliphatic carbocycles. The van der Waals surface area contributed by atoms with Crippen LogP contribution in [-0.4, -0.2) is 52.3 Å². The minimum absolute atomic E-state index is 0.130. The molecule has 2 amide bonds. The minimum atomic E-state index is -0.755. The van der Waals surface area contributed by atoms with E-state index >= 15 is 0 Å². The molecule has 2 aliphatic rings. The van der Waals surface area contributed by atoms with E-state index in [1.165, 1.54) is 4.90 Å². The van der Waals surface area contributed by atoms with Crippen molar-refractivity contribution in [2.24, 2.45) is 17.6 Å². The van der Waals surface area contributed by atoms with Crippen LogP contribution in [0, 0.1) is 11.8 Å². The van der Waals surface area contributed by atoms with Gasteiger partial charge in [0.25, 0.3) is 0 Å². The average molecular weight is 283 g/mol. The molecular weight excluding hydrogens is 262 g/mol. The van der Waals surface area contributed by atoms with Gasteiger partial charge in [-0.15, -0.1) is 0 Å². The molecule has 19 heavy (non-hydrogen) atoms. The Kier molecular flexibility index (Phi) is 3.66. The lowest BCUT2D eigenvalue weighted by Crippen LogP contribution is -2.63. The van der Waals surface area contributed by atoms with E-state index in [0.29, 0.717) is 12.8 Å². The van der Waals surface area contributed by atoms with Crippen LogP contribution in [0.25, 0.3) is 0 Å². The van der Waals surface area contributed by atoms with Crippen LogP contribution in [0.5, 0.6) is 0 Å². The van der Waals surface area contributed by atoms with E-state index < -0.39 is 5.54 Å². The van der Waals surface area contributed by atoms with Gasteiger partial charge in [-0.2, -0.15) is 0 Å². The van der Waals surface area contributed by atoms with Crippen molar-refractivity contribution in [1.29, 1.82) is 0 Å². The van der Waals surface area contributed by atoms with Gasteiger partial charge < -0.3 is 10.6 Å². The predicted molar refractivity (Wildman–Crippen MR) is 76.4 cm³/mol. The number of likely N-dealkylation sites (tertiary alicyclic amines) is 2. The van der Waals surface area contributed by atoms with Gasteiger partial charge in [0.05, 0.1) is 4.99 Å². The van der Waals surface area contributed by atoms with E-state index in [2.05, 4.69) is 4.90 Å². The quantitative estimate of drug-likeness (QED) is 0.586. The number of rotatable bonds is 2. The van der Waals surface area contributed by atoms with Crippen molar-refractivity contribution in [2.75, 3.05) is 20.1 Å². The number of nitrogens with two attached hydrogens (primary N) is 1. The van der Waals surface area contributed by atoms with E-state index in [9.17, 15) is 9.59 Å². The summed E-state index contributed by atoms with van der Waals surface area (Å²) in [5.74, 6) is -0.818. The maximum absolute atomic E-state index is 12.4. The molecule has 0 radical (unpaired) electrons. The number of amides is 2. The second-order valence-corrected chi connectivity index (χ2v) is 6.23. The van der Waals surface area contributed by atoms with Crippen molar-refractivity contribution >= 4 is 29.0 Å². The van der Waals surface area contributed by atoms with Gasteiger partial charge in [-0.3, -0.25) is 14.5 Å². The van der Waals surface area contributed by atoms with Crippen molar-refractivity contribution in [2.45, 2.75) is 32.2 Å². The number of hydrogen-bond acceptors (Lipinski definition) is 4. The molecule has 0 aromatic heterocycles. The molecule has 0 spiro atoms. The molecule has 2 atom stereocenters. The molecule has 0 saturated carbocycles. The van der Waals surface area contributed by atoms with E-state index in [1.807, 2.05) is 7.05 Å². The number of nitrogens with zero attached hydrogens (tertiary/aromatic N) is 2. The van der Waals surface area contributed by atoms with E-state index in [-0.39, 0.29) is 28.6 Å². The van der Waals surface area contributed by atoms with Crippen molar-refractivity contribution in [1.82, 2.24) is 9.80 Å². The van der Waals surface area contributed by atoms with Gasteiger partial charge in [-0.25, -0.2) is 0 Å². The van der Waals surface area contributed by atoms with Crippen LogP contribution in [0.4, 0.5) is 0 Å². The highest BCUT2D eigenvalue weighted by Crippen LogP contribution is 2.37. The molecule has 0 bridgehead atoms. The largest absolute Gasteiger partial charge is 0.391 e. The lowest BCUT2D eigenvalue weighted by atomic mass is 9.85. The summed E-state index contributed by atoms with van der Waals surface area (Å²) in [4.78, 5) is 28.6. The van der Waals surface area contributed by atoms with Crippen LogP contribution in [0.2, 0.25) is 0 Å². The van der Waals surface area contributed by atoms with Crippen molar-refractivity contribution in [3.05, 3.63) is 0 Å². The van der Waals surface area contributed by atoms with Gasteiger partial charge in [0.1, 0.15) is 5.54 Å².